The fraction of sp³-hybridized carbons (Fsp3) is 0.0250. The SMILES string of the molecule is Cc1nc(-c2ccc(-c3ccccc3)cc2)nc(-n2c3ccccc3c3c4c5ccccc5n(-c5ccccc5)c4ccc32)n1. The van der Waals surface area contributed by atoms with Crippen molar-refractivity contribution in [2.45, 2.75) is 6.92 Å². The Bertz CT molecular complexity index is 2530. The quantitative estimate of drug-likeness (QED) is 0.209. The molecule has 212 valence electrons. The maximum absolute atomic E-state index is 5.08. The maximum atomic E-state index is 5.08. The molecule has 0 spiro atoms. The molecular formula is C40H27N5. The Morgan fingerprint density at radius 2 is 0.911 bits per heavy atom. The molecule has 45 heavy (non-hydrogen) atoms. The highest BCUT2D eigenvalue weighted by Gasteiger charge is 2.21. The van der Waals surface area contributed by atoms with E-state index in [1.807, 2.05) is 13.0 Å². The molecule has 0 aliphatic heterocycles. The second kappa shape index (κ2) is 10.00. The van der Waals surface area contributed by atoms with Crippen molar-refractivity contribution in [2.24, 2.45) is 0 Å². The van der Waals surface area contributed by atoms with Crippen molar-refractivity contribution in [1.29, 1.82) is 0 Å². The van der Waals surface area contributed by atoms with Crippen LogP contribution < -0.4 is 0 Å². The van der Waals surface area contributed by atoms with Crippen LogP contribution in [0.1, 0.15) is 5.82 Å². The van der Waals surface area contributed by atoms with Crippen molar-refractivity contribution < 1.29 is 0 Å². The summed E-state index contributed by atoms with van der Waals surface area (Å²) in [5, 5.41) is 4.81. The highest BCUT2D eigenvalue weighted by molar-refractivity contribution is 6.28. The second-order valence-corrected chi connectivity index (χ2v) is 11.3. The zero-order valence-corrected chi connectivity index (χ0v) is 24.6. The molecule has 9 rings (SSSR count). The molecule has 0 radical (unpaired) electrons. The molecule has 5 nitrogen and oxygen atoms in total. The van der Waals surface area contributed by atoms with Crippen molar-refractivity contribution >= 4 is 43.6 Å². The van der Waals surface area contributed by atoms with Gasteiger partial charge < -0.3 is 4.57 Å². The van der Waals surface area contributed by atoms with Crippen LogP contribution in [0.4, 0.5) is 0 Å². The number of nitrogens with zero attached hydrogens (tertiary/aromatic N) is 5. The van der Waals surface area contributed by atoms with E-state index in [4.69, 9.17) is 15.0 Å². The smallest absolute Gasteiger partial charge is 0.238 e. The zero-order valence-electron chi connectivity index (χ0n) is 24.6. The van der Waals surface area contributed by atoms with E-state index < -0.39 is 0 Å². The third-order valence-corrected chi connectivity index (χ3v) is 8.67. The first-order chi connectivity index (χ1) is 22.2. The highest BCUT2D eigenvalue weighted by Crippen LogP contribution is 2.42. The Morgan fingerprint density at radius 1 is 0.400 bits per heavy atom. The molecule has 0 bridgehead atoms. The molecule has 0 unspecified atom stereocenters. The van der Waals surface area contributed by atoms with Crippen molar-refractivity contribution in [3.8, 4) is 34.2 Å². The Hall–Kier alpha value is -6.07. The summed E-state index contributed by atoms with van der Waals surface area (Å²) in [5.41, 5.74) is 8.92. The Morgan fingerprint density at radius 3 is 1.58 bits per heavy atom. The number of aryl methyl sites for hydroxylation is 1. The second-order valence-electron chi connectivity index (χ2n) is 11.3. The topological polar surface area (TPSA) is 48.5 Å². The third kappa shape index (κ3) is 3.98. The van der Waals surface area contributed by atoms with Crippen LogP contribution >= 0.6 is 0 Å². The predicted molar refractivity (Wildman–Crippen MR) is 184 cm³/mol. The average molecular weight is 578 g/mol. The molecule has 6 aromatic carbocycles. The van der Waals surface area contributed by atoms with Crippen molar-refractivity contribution in [3.05, 3.63) is 151 Å². The summed E-state index contributed by atoms with van der Waals surface area (Å²) < 4.78 is 4.55. The van der Waals surface area contributed by atoms with E-state index in [2.05, 4.69) is 149 Å². The monoisotopic (exact) mass is 577 g/mol. The van der Waals surface area contributed by atoms with Gasteiger partial charge >= 0.3 is 0 Å². The molecule has 0 saturated carbocycles. The van der Waals surface area contributed by atoms with E-state index in [1.165, 1.54) is 38.1 Å². The predicted octanol–water partition coefficient (Wildman–Crippen LogP) is 9.71. The van der Waals surface area contributed by atoms with Gasteiger partial charge in [-0.25, -0.2) is 4.98 Å². The molecule has 0 atom stereocenters. The number of fused-ring (bicyclic) bond motifs is 7. The Balaban J connectivity index is 1.29. The van der Waals surface area contributed by atoms with Crippen LogP contribution in [0.2, 0.25) is 0 Å². The van der Waals surface area contributed by atoms with Gasteiger partial charge in [0.2, 0.25) is 5.95 Å². The molecule has 3 heterocycles. The fourth-order valence-electron chi connectivity index (χ4n) is 6.73. The summed E-state index contributed by atoms with van der Waals surface area (Å²) in [6.45, 7) is 1.94. The van der Waals surface area contributed by atoms with E-state index in [9.17, 15) is 0 Å². The van der Waals surface area contributed by atoms with Gasteiger partial charge in [-0.1, -0.05) is 109 Å². The normalized spacial score (nSPS) is 11.7. The van der Waals surface area contributed by atoms with Crippen molar-refractivity contribution in [3.63, 3.8) is 0 Å². The van der Waals surface area contributed by atoms with E-state index >= 15 is 0 Å². The van der Waals surface area contributed by atoms with Crippen LogP contribution in [-0.2, 0) is 0 Å². The van der Waals surface area contributed by atoms with Crippen LogP contribution in [-0.4, -0.2) is 24.1 Å². The summed E-state index contributed by atoms with van der Waals surface area (Å²) in [5.74, 6) is 1.95. The number of rotatable bonds is 4. The molecule has 0 aliphatic carbocycles. The number of hydrogen-bond donors (Lipinski definition) is 0. The largest absolute Gasteiger partial charge is 0.309 e. The molecule has 0 fully saturated rings. The van der Waals surface area contributed by atoms with E-state index in [0.717, 1.165) is 27.8 Å². The number of para-hydroxylation sites is 3. The van der Waals surface area contributed by atoms with Crippen LogP contribution in [0.3, 0.4) is 0 Å². The number of benzene rings is 6. The molecule has 5 heteroatoms. The summed E-state index contributed by atoms with van der Waals surface area (Å²) in [4.78, 5) is 14.7. The van der Waals surface area contributed by atoms with E-state index in [-0.39, 0.29) is 0 Å². The molecular weight excluding hydrogens is 550 g/mol. The summed E-state index contributed by atoms with van der Waals surface area (Å²) in [6, 6.07) is 51.1. The summed E-state index contributed by atoms with van der Waals surface area (Å²) in [7, 11) is 0. The van der Waals surface area contributed by atoms with Crippen molar-refractivity contribution in [2.75, 3.05) is 0 Å². The van der Waals surface area contributed by atoms with Crippen LogP contribution in [0.15, 0.2) is 146 Å². The molecule has 0 amide bonds. The highest BCUT2D eigenvalue weighted by atomic mass is 15.2. The first-order valence-electron chi connectivity index (χ1n) is 15.1. The van der Waals surface area contributed by atoms with Gasteiger partial charge in [0.05, 0.1) is 22.1 Å². The molecule has 3 aromatic heterocycles. The van der Waals surface area contributed by atoms with Crippen molar-refractivity contribution in [1.82, 2.24) is 24.1 Å². The van der Waals surface area contributed by atoms with Gasteiger partial charge in [-0.2, -0.15) is 9.97 Å². The average Bonchev–Trinajstić information content (AvgIpc) is 3.62. The maximum Gasteiger partial charge on any atom is 0.238 e. The van der Waals surface area contributed by atoms with Gasteiger partial charge in [0, 0.05) is 32.8 Å². The number of hydrogen-bond acceptors (Lipinski definition) is 3. The van der Waals surface area contributed by atoms with Gasteiger partial charge in [0.15, 0.2) is 5.82 Å². The minimum absolute atomic E-state index is 0.613. The first-order valence-corrected chi connectivity index (χ1v) is 15.1. The number of aromatic nitrogens is 5. The summed E-state index contributed by atoms with van der Waals surface area (Å²) >= 11 is 0. The molecule has 9 aromatic rings. The zero-order chi connectivity index (χ0) is 29.9. The van der Waals surface area contributed by atoms with Gasteiger partial charge in [-0.15, -0.1) is 0 Å². The Labute approximate surface area is 259 Å². The van der Waals surface area contributed by atoms with E-state index in [0.29, 0.717) is 17.6 Å². The standard InChI is InChI=1S/C40H27N5/c1-26-41-39(29-22-20-28(21-23-29)27-12-4-2-5-13-27)43-40(42-26)45-34-19-11-9-17-32(34)38-36(45)25-24-35-37(38)31-16-8-10-18-33(31)44(35)30-14-6-3-7-15-30/h2-25H,1H3. The molecule has 0 saturated heterocycles. The lowest BCUT2D eigenvalue weighted by molar-refractivity contribution is 0.907. The minimum Gasteiger partial charge on any atom is -0.309 e. The first kappa shape index (κ1) is 25.4. The lowest BCUT2D eigenvalue weighted by atomic mass is 10.0. The molecule has 0 N–H and O–H groups in total. The van der Waals surface area contributed by atoms with Gasteiger partial charge in [-0.05, 0) is 54.4 Å². The van der Waals surface area contributed by atoms with Crippen LogP contribution in [0, 0.1) is 6.92 Å². The van der Waals surface area contributed by atoms with Gasteiger partial charge in [-0.3, -0.25) is 4.57 Å². The van der Waals surface area contributed by atoms with Gasteiger partial charge in [0.1, 0.15) is 5.82 Å². The van der Waals surface area contributed by atoms with E-state index in [1.54, 1.807) is 0 Å². The fourth-order valence-corrected chi connectivity index (χ4v) is 6.73. The summed E-state index contributed by atoms with van der Waals surface area (Å²) in [6.07, 6.45) is 0. The third-order valence-electron chi connectivity index (χ3n) is 8.67. The van der Waals surface area contributed by atoms with Crippen LogP contribution in [0.25, 0.3) is 77.8 Å². The minimum atomic E-state index is 0.613. The lowest BCUT2D eigenvalue weighted by Gasteiger charge is -2.10. The molecule has 0 aliphatic rings. The lowest BCUT2D eigenvalue weighted by Crippen LogP contribution is -2.06. The Kier molecular flexibility index (Phi) is 5.65. The van der Waals surface area contributed by atoms with Gasteiger partial charge in [0.25, 0.3) is 0 Å². The van der Waals surface area contributed by atoms with Crippen LogP contribution in [0.5, 0.6) is 0 Å².